The Morgan fingerprint density at radius 3 is 2.63 bits per heavy atom. The summed E-state index contributed by atoms with van der Waals surface area (Å²) >= 11 is 1.30. The summed E-state index contributed by atoms with van der Waals surface area (Å²) in [4.78, 5) is 12.0. The van der Waals surface area contributed by atoms with E-state index in [-0.39, 0.29) is 17.5 Å². The van der Waals surface area contributed by atoms with Crippen molar-refractivity contribution in [3.63, 3.8) is 0 Å². The third-order valence-electron chi connectivity index (χ3n) is 3.67. The number of benzene rings is 2. The van der Waals surface area contributed by atoms with Gasteiger partial charge in [-0.3, -0.25) is 4.79 Å². The molecule has 0 spiro atoms. The molecule has 138 valence electrons. The largest absolute Gasteiger partial charge is 0.302 e. The number of nitrogens with zero attached hydrogens (tertiary/aromatic N) is 4. The fourth-order valence-corrected chi connectivity index (χ4v) is 3.17. The van der Waals surface area contributed by atoms with E-state index in [1.807, 2.05) is 41.8 Å². The Morgan fingerprint density at radius 2 is 1.93 bits per heavy atom. The highest BCUT2D eigenvalue weighted by Crippen LogP contribution is 2.23. The van der Waals surface area contributed by atoms with Crippen molar-refractivity contribution >= 4 is 23.9 Å². The van der Waals surface area contributed by atoms with E-state index in [1.165, 1.54) is 30.1 Å². The van der Waals surface area contributed by atoms with E-state index >= 15 is 0 Å². The number of carbonyl (C=O) groups is 1. The van der Waals surface area contributed by atoms with Crippen LogP contribution in [0.2, 0.25) is 0 Å². The lowest BCUT2D eigenvalue weighted by Gasteiger charge is -2.06. The van der Waals surface area contributed by atoms with E-state index in [0.29, 0.717) is 17.3 Å². The molecule has 0 fully saturated rings. The predicted molar refractivity (Wildman–Crippen MR) is 104 cm³/mol. The minimum atomic E-state index is -0.317. The van der Waals surface area contributed by atoms with Crippen molar-refractivity contribution in [2.75, 3.05) is 5.75 Å². The summed E-state index contributed by atoms with van der Waals surface area (Å²) in [6.45, 7) is 2.71. The Kier molecular flexibility index (Phi) is 6.32. The number of hydrazone groups is 1. The zero-order chi connectivity index (χ0) is 19.1. The number of amides is 1. The number of halogens is 1. The zero-order valence-electron chi connectivity index (χ0n) is 14.7. The molecular formula is C19H18FN5OS. The Hall–Kier alpha value is -3.00. The molecule has 2 aromatic carbocycles. The van der Waals surface area contributed by atoms with Crippen molar-refractivity contribution < 1.29 is 9.18 Å². The van der Waals surface area contributed by atoms with Gasteiger partial charge in [-0.1, -0.05) is 54.2 Å². The van der Waals surface area contributed by atoms with Crippen LogP contribution in [0, 0.1) is 5.82 Å². The van der Waals surface area contributed by atoms with Gasteiger partial charge in [-0.05, 0) is 24.6 Å². The third kappa shape index (κ3) is 5.01. The average Bonchev–Trinajstić information content (AvgIpc) is 3.11. The van der Waals surface area contributed by atoms with Gasteiger partial charge in [-0.15, -0.1) is 10.2 Å². The van der Waals surface area contributed by atoms with Crippen LogP contribution in [0.4, 0.5) is 4.39 Å². The van der Waals surface area contributed by atoms with Gasteiger partial charge in [-0.2, -0.15) is 5.10 Å². The van der Waals surface area contributed by atoms with Gasteiger partial charge in [0.25, 0.3) is 5.91 Å². The molecule has 6 nitrogen and oxygen atoms in total. The molecule has 0 atom stereocenters. The lowest BCUT2D eigenvalue weighted by molar-refractivity contribution is -0.118. The first-order valence-electron chi connectivity index (χ1n) is 8.36. The Bertz CT molecular complexity index is 925. The average molecular weight is 383 g/mol. The van der Waals surface area contributed by atoms with E-state index in [1.54, 1.807) is 12.1 Å². The molecule has 3 aromatic rings. The molecule has 0 radical (unpaired) electrons. The molecular weight excluding hydrogens is 365 g/mol. The van der Waals surface area contributed by atoms with Crippen molar-refractivity contribution in [2.45, 2.75) is 18.6 Å². The summed E-state index contributed by atoms with van der Waals surface area (Å²) in [6.07, 6.45) is 1.46. The molecule has 0 aliphatic heterocycles. The van der Waals surface area contributed by atoms with Gasteiger partial charge in [0.1, 0.15) is 5.82 Å². The zero-order valence-corrected chi connectivity index (χ0v) is 15.5. The van der Waals surface area contributed by atoms with Crippen LogP contribution in [0.3, 0.4) is 0 Å². The molecule has 3 rings (SSSR count). The molecule has 1 N–H and O–H groups in total. The van der Waals surface area contributed by atoms with Crippen LogP contribution in [0.15, 0.2) is 64.9 Å². The van der Waals surface area contributed by atoms with Gasteiger partial charge in [0.05, 0.1) is 12.0 Å². The van der Waals surface area contributed by atoms with E-state index in [4.69, 9.17) is 0 Å². The molecule has 0 saturated heterocycles. The topological polar surface area (TPSA) is 72.2 Å². The second-order valence-corrected chi connectivity index (χ2v) is 6.49. The Balaban J connectivity index is 1.57. The minimum Gasteiger partial charge on any atom is -0.302 e. The van der Waals surface area contributed by atoms with Crippen molar-refractivity contribution in [2.24, 2.45) is 5.10 Å². The molecule has 8 heteroatoms. The van der Waals surface area contributed by atoms with Gasteiger partial charge in [0.15, 0.2) is 11.0 Å². The molecule has 0 aliphatic carbocycles. The van der Waals surface area contributed by atoms with Gasteiger partial charge in [-0.25, -0.2) is 9.82 Å². The van der Waals surface area contributed by atoms with E-state index in [0.717, 1.165) is 11.4 Å². The molecule has 0 saturated carbocycles. The quantitative estimate of drug-likeness (QED) is 0.386. The monoisotopic (exact) mass is 383 g/mol. The minimum absolute atomic E-state index is 0.160. The van der Waals surface area contributed by atoms with Crippen LogP contribution >= 0.6 is 11.8 Å². The number of carbonyl (C=O) groups excluding carboxylic acids is 1. The van der Waals surface area contributed by atoms with E-state index < -0.39 is 0 Å². The number of rotatable bonds is 7. The SMILES string of the molecule is CCn1c(SCC(=O)N/N=C\c2ccc(F)cc2)nnc1-c1ccccc1. The second-order valence-electron chi connectivity index (χ2n) is 5.55. The van der Waals surface area contributed by atoms with E-state index in [9.17, 15) is 9.18 Å². The van der Waals surface area contributed by atoms with Gasteiger partial charge in [0.2, 0.25) is 0 Å². The summed E-state index contributed by atoms with van der Waals surface area (Å²) in [6, 6.07) is 15.6. The number of thioether (sulfide) groups is 1. The van der Waals surface area contributed by atoms with Gasteiger partial charge >= 0.3 is 0 Å². The van der Waals surface area contributed by atoms with Crippen LogP contribution in [-0.4, -0.2) is 32.6 Å². The molecule has 0 bridgehead atoms. The summed E-state index contributed by atoms with van der Waals surface area (Å²) in [5.74, 6) is 0.358. The number of hydrogen-bond acceptors (Lipinski definition) is 5. The highest BCUT2D eigenvalue weighted by molar-refractivity contribution is 7.99. The lowest BCUT2D eigenvalue weighted by Crippen LogP contribution is -2.20. The first-order valence-corrected chi connectivity index (χ1v) is 9.35. The standard InChI is InChI=1S/C19H18FN5OS/c1-2-25-18(15-6-4-3-5-7-15)23-24-19(25)27-13-17(26)22-21-12-14-8-10-16(20)11-9-14/h3-12H,2,13H2,1H3,(H,22,26)/b21-12-. The Labute approximate surface area is 160 Å². The number of hydrogen-bond donors (Lipinski definition) is 1. The summed E-state index contributed by atoms with van der Waals surface area (Å²) < 4.78 is 14.8. The van der Waals surface area contributed by atoms with Crippen LogP contribution in [-0.2, 0) is 11.3 Å². The summed E-state index contributed by atoms with van der Waals surface area (Å²) in [5, 5.41) is 13.0. The smallest absolute Gasteiger partial charge is 0.250 e. The second kappa shape index (κ2) is 9.09. The summed E-state index contributed by atoms with van der Waals surface area (Å²) in [5.41, 5.74) is 4.13. The van der Waals surface area contributed by atoms with Crippen LogP contribution in [0.1, 0.15) is 12.5 Å². The molecule has 0 unspecified atom stereocenters. The number of nitrogens with one attached hydrogen (secondary N) is 1. The molecule has 1 aromatic heterocycles. The van der Waals surface area contributed by atoms with Crippen molar-refractivity contribution in [1.82, 2.24) is 20.2 Å². The predicted octanol–water partition coefficient (Wildman–Crippen LogP) is 3.35. The maximum absolute atomic E-state index is 12.8. The van der Waals surface area contributed by atoms with Crippen LogP contribution in [0.5, 0.6) is 0 Å². The first-order chi connectivity index (χ1) is 13.2. The highest BCUT2D eigenvalue weighted by Gasteiger charge is 2.14. The normalized spacial score (nSPS) is 11.0. The molecule has 27 heavy (non-hydrogen) atoms. The van der Waals surface area contributed by atoms with E-state index in [2.05, 4.69) is 20.7 Å². The highest BCUT2D eigenvalue weighted by atomic mass is 32.2. The fraction of sp³-hybridized carbons (Fsp3) is 0.158. The number of aromatic nitrogens is 3. The molecule has 1 heterocycles. The van der Waals surface area contributed by atoms with Crippen molar-refractivity contribution in [1.29, 1.82) is 0 Å². The maximum Gasteiger partial charge on any atom is 0.250 e. The third-order valence-corrected chi connectivity index (χ3v) is 4.64. The Morgan fingerprint density at radius 1 is 1.19 bits per heavy atom. The van der Waals surface area contributed by atoms with Crippen LogP contribution in [0.25, 0.3) is 11.4 Å². The van der Waals surface area contributed by atoms with Crippen LogP contribution < -0.4 is 5.43 Å². The van der Waals surface area contributed by atoms with Crippen molar-refractivity contribution in [3.8, 4) is 11.4 Å². The maximum atomic E-state index is 12.8. The summed E-state index contributed by atoms with van der Waals surface area (Å²) in [7, 11) is 0. The lowest BCUT2D eigenvalue weighted by atomic mass is 10.2. The van der Waals surface area contributed by atoms with Gasteiger partial charge < -0.3 is 4.57 Å². The van der Waals surface area contributed by atoms with Crippen molar-refractivity contribution in [3.05, 3.63) is 66.0 Å². The fourth-order valence-electron chi connectivity index (χ4n) is 2.37. The molecule has 0 aliphatic rings. The molecule has 1 amide bonds. The first kappa shape index (κ1) is 18.8. The van der Waals surface area contributed by atoms with Gasteiger partial charge in [0, 0.05) is 12.1 Å².